The van der Waals surface area contributed by atoms with Crippen LogP contribution < -0.4 is 5.32 Å². The zero-order chi connectivity index (χ0) is 22.7. The van der Waals surface area contributed by atoms with Gasteiger partial charge in [-0.2, -0.15) is 0 Å². The quantitative estimate of drug-likeness (QED) is 0.296. The second kappa shape index (κ2) is 7.31. The number of aromatic amines is 2. The molecule has 166 valence electrons. The van der Waals surface area contributed by atoms with Crippen molar-refractivity contribution in [2.75, 3.05) is 5.32 Å². The molecule has 0 saturated heterocycles. The number of carbonyl (C=O) groups excluding carboxylic acids is 1. The van der Waals surface area contributed by atoms with Crippen molar-refractivity contribution in [1.29, 1.82) is 0 Å². The number of aromatic hydroxyl groups is 1. The number of hydrogen-bond acceptors (Lipinski definition) is 7. The molecule has 0 bridgehead atoms. The second-order valence-electron chi connectivity index (χ2n) is 8.03. The first kappa shape index (κ1) is 19.7. The summed E-state index contributed by atoms with van der Waals surface area (Å²) in [7, 11) is 0. The van der Waals surface area contributed by atoms with Gasteiger partial charge in [-0.3, -0.25) is 4.79 Å². The molecule has 10 heteroatoms. The Labute approximate surface area is 190 Å². The van der Waals surface area contributed by atoms with Crippen molar-refractivity contribution in [3.05, 3.63) is 64.8 Å². The molecule has 0 fully saturated rings. The lowest BCUT2D eigenvalue weighted by molar-refractivity contribution is -0.116. The lowest BCUT2D eigenvalue weighted by Crippen LogP contribution is -2.26. The summed E-state index contributed by atoms with van der Waals surface area (Å²) in [5.41, 5.74) is 4.04. The van der Waals surface area contributed by atoms with Gasteiger partial charge < -0.3 is 29.9 Å². The average Bonchev–Trinajstić information content (AvgIpc) is 3.50. The summed E-state index contributed by atoms with van der Waals surface area (Å²) >= 11 is 1.29. The van der Waals surface area contributed by atoms with Crippen molar-refractivity contribution < 1.29 is 24.2 Å². The van der Waals surface area contributed by atoms with Gasteiger partial charge in [-0.25, -0.2) is 9.78 Å². The van der Waals surface area contributed by atoms with E-state index in [1.54, 1.807) is 24.4 Å². The summed E-state index contributed by atoms with van der Waals surface area (Å²) < 4.78 is 6.15. The Hall–Kier alpha value is -3.92. The number of carboxylic acid groups (broad SMARTS) is 1. The number of nitrogens with one attached hydrogen (secondary N) is 3. The number of H-pyrrole nitrogens is 2. The molecular formula is C23H18N4O5S. The number of fused-ring (bicyclic) bond motifs is 2. The SMILES string of the molecule is O=C1CCCC2=C1C(c1ccc(Sc3nc4ccc(O)cc4[nH]3)o1)c1c[nH]c(C(=O)O)c1N2. The lowest BCUT2D eigenvalue weighted by atomic mass is 9.78. The molecule has 1 atom stereocenters. The number of Topliss-reactive ketones (excluding diaryl/α,β-unsaturated/α-hetero) is 1. The number of allylic oxidation sites excluding steroid dienone is 2. The minimum Gasteiger partial charge on any atom is -0.508 e. The van der Waals surface area contributed by atoms with Gasteiger partial charge in [-0.1, -0.05) is 0 Å². The highest BCUT2D eigenvalue weighted by atomic mass is 32.2. The first-order valence-electron chi connectivity index (χ1n) is 10.4. The Kier molecular flexibility index (Phi) is 4.37. The van der Waals surface area contributed by atoms with Crippen molar-refractivity contribution >= 4 is 40.2 Å². The summed E-state index contributed by atoms with van der Waals surface area (Å²) in [6.45, 7) is 0. The molecule has 4 aromatic rings. The molecule has 5 N–H and O–H groups in total. The van der Waals surface area contributed by atoms with E-state index in [0.29, 0.717) is 51.2 Å². The van der Waals surface area contributed by atoms with E-state index in [1.165, 1.54) is 11.8 Å². The number of hydrogen-bond donors (Lipinski definition) is 5. The molecule has 0 radical (unpaired) electrons. The van der Waals surface area contributed by atoms with Crippen molar-refractivity contribution in [3.63, 3.8) is 0 Å². The fourth-order valence-corrected chi connectivity index (χ4v) is 5.33. The highest BCUT2D eigenvalue weighted by Gasteiger charge is 2.39. The predicted molar refractivity (Wildman–Crippen MR) is 120 cm³/mol. The van der Waals surface area contributed by atoms with Gasteiger partial charge in [-0.05, 0) is 48.9 Å². The number of imidazole rings is 1. The highest BCUT2D eigenvalue weighted by Crippen LogP contribution is 2.47. The van der Waals surface area contributed by atoms with Crippen LogP contribution in [0.3, 0.4) is 0 Å². The van der Waals surface area contributed by atoms with E-state index in [9.17, 15) is 19.8 Å². The van der Waals surface area contributed by atoms with E-state index >= 15 is 0 Å². The van der Waals surface area contributed by atoms with Gasteiger partial charge in [0.25, 0.3) is 0 Å². The van der Waals surface area contributed by atoms with Crippen LogP contribution in [0.5, 0.6) is 5.75 Å². The smallest absolute Gasteiger partial charge is 0.354 e. The number of phenols is 1. The van der Waals surface area contributed by atoms with Crippen molar-refractivity contribution in [2.45, 2.75) is 35.4 Å². The molecule has 0 amide bonds. The average molecular weight is 462 g/mol. The zero-order valence-electron chi connectivity index (χ0n) is 17.1. The predicted octanol–water partition coefficient (Wildman–Crippen LogP) is 4.60. The summed E-state index contributed by atoms with van der Waals surface area (Å²) in [4.78, 5) is 35.0. The third kappa shape index (κ3) is 3.21. The van der Waals surface area contributed by atoms with Crippen molar-refractivity contribution in [3.8, 4) is 5.75 Å². The van der Waals surface area contributed by atoms with Crippen LogP contribution in [-0.4, -0.2) is 36.9 Å². The molecule has 9 nitrogen and oxygen atoms in total. The molecule has 1 unspecified atom stereocenters. The van der Waals surface area contributed by atoms with Crippen LogP contribution in [0.2, 0.25) is 0 Å². The van der Waals surface area contributed by atoms with Crippen LogP contribution >= 0.6 is 11.8 Å². The first-order chi connectivity index (χ1) is 16.0. The van der Waals surface area contributed by atoms with Crippen molar-refractivity contribution in [2.24, 2.45) is 0 Å². The van der Waals surface area contributed by atoms with E-state index in [1.807, 2.05) is 12.1 Å². The molecule has 1 aromatic carbocycles. The van der Waals surface area contributed by atoms with E-state index in [4.69, 9.17) is 4.42 Å². The summed E-state index contributed by atoms with van der Waals surface area (Å²) in [6.07, 6.45) is 3.48. The standard InChI is InChI=1S/C23H18N4O5S/c28-10-4-5-12-14(8-10)27-23(26-12)33-17-7-6-16(32-17)18-11-9-24-21(22(30)31)20(11)25-13-2-1-3-15(29)19(13)18/h4-9,18,24-25,28H,1-3H2,(H,26,27)(H,30,31). The second-order valence-corrected chi connectivity index (χ2v) is 9.02. The van der Waals surface area contributed by atoms with Crippen LogP contribution in [0.15, 0.2) is 62.5 Å². The van der Waals surface area contributed by atoms with Gasteiger partial charge in [0.05, 0.1) is 22.6 Å². The van der Waals surface area contributed by atoms with Crippen LogP contribution in [0.25, 0.3) is 11.0 Å². The minimum absolute atomic E-state index is 0.0418. The topological polar surface area (TPSA) is 144 Å². The van der Waals surface area contributed by atoms with E-state index < -0.39 is 11.9 Å². The van der Waals surface area contributed by atoms with E-state index in [0.717, 1.165) is 17.6 Å². The number of aromatic nitrogens is 3. The number of anilines is 1. The van der Waals surface area contributed by atoms with Gasteiger partial charge in [0.15, 0.2) is 16.0 Å². The molecule has 6 rings (SSSR count). The molecular weight excluding hydrogens is 444 g/mol. The normalized spacial score (nSPS) is 17.7. The summed E-state index contributed by atoms with van der Waals surface area (Å²) in [6, 6.07) is 8.53. The molecule has 33 heavy (non-hydrogen) atoms. The number of carbonyl (C=O) groups is 2. The Morgan fingerprint density at radius 2 is 2.09 bits per heavy atom. The van der Waals surface area contributed by atoms with Crippen LogP contribution in [0.4, 0.5) is 5.69 Å². The maximum absolute atomic E-state index is 12.9. The summed E-state index contributed by atoms with van der Waals surface area (Å²) in [5, 5.41) is 23.6. The highest BCUT2D eigenvalue weighted by molar-refractivity contribution is 7.99. The number of nitrogens with zero attached hydrogens (tertiary/aromatic N) is 1. The van der Waals surface area contributed by atoms with Crippen LogP contribution in [0.1, 0.15) is 47.0 Å². The van der Waals surface area contributed by atoms with Crippen LogP contribution in [-0.2, 0) is 4.79 Å². The first-order valence-corrected chi connectivity index (χ1v) is 11.2. The van der Waals surface area contributed by atoms with Gasteiger partial charge in [0.1, 0.15) is 17.2 Å². The largest absolute Gasteiger partial charge is 0.508 e. The third-order valence-electron chi connectivity index (χ3n) is 5.98. The third-order valence-corrected chi connectivity index (χ3v) is 6.79. The molecule has 0 saturated carbocycles. The van der Waals surface area contributed by atoms with Gasteiger partial charge in [0.2, 0.25) is 0 Å². The monoisotopic (exact) mass is 462 g/mol. The number of furan rings is 1. The van der Waals surface area contributed by atoms with Gasteiger partial charge in [-0.15, -0.1) is 0 Å². The molecule has 3 aromatic heterocycles. The number of rotatable bonds is 4. The minimum atomic E-state index is -1.07. The number of benzene rings is 1. The number of phenolic OH excluding ortho intramolecular Hbond substituents is 1. The van der Waals surface area contributed by atoms with Crippen LogP contribution in [0, 0.1) is 0 Å². The molecule has 2 aliphatic rings. The van der Waals surface area contributed by atoms with Gasteiger partial charge >= 0.3 is 5.97 Å². The Balaban J connectivity index is 1.39. The molecule has 1 aliphatic carbocycles. The fraction of sp³-hybridized carbons (Fsp3) is 0.174. The Bertz CT molecular complexity index is 1480. The summed E-state index contributed by atoms with van der Waals surface area (Å²) in [5.74, 6) is -0.804. The lowest BCUT2D eigenvalue weighted by Gasteiger charge is -2.31. The van der Waals surface area contributed by atoms with Crippen molar-refractivity contribution in [1.82, 2.24) is 15.0 Å². The zero-order valence-corrected chi connectivity index (χ0v) is 18.0. The fourth-order valence-electron chi connectivity index (χ4n) is 4.56. The maximum atomic E-state index is 12.9. The van der Waals surface area contributed by atoms with Gasteiger partial charge in [0, 0.05) is 35.5 Å². The Morgan fingerprint density at radius 3 is 2.94 bits per heavy atom. The van der Waals surface area contributed by atoms with E-state index in [2.05, 4.69) is 20.3 Å². The molecule has 1 aliphatic heterocycles. The number of ketones is 1. The number of aromatic carboxylic acids is 1. The van der Waals surface area contributed by atoms with E-state index in [-0.39, 0.29) is 17.2 Å². The molecule has 0 spiro atoms. The molecule has 4 heterocycles. The number of carboxylic acids is 1. The Morgan fingerprint density at radius 1 is 1.21 bits per heavy atom. The maximum Gasteiger partial charge on any atom is 0.354 e.